The Morgan fingerprint density at radius 3 is 2.85 bits per heavy atom. The molecule has 1 fully saturated rings. The molecular weight excluding hydrogens is 254 g/mol. The van der Waals surface area contributed by atoms with Crippen molar-refractivity contribution in [2.45, 2.75) is 52.5 Å². The first-order valence-electron chi connectivity index (χ1n) is 7.58. The van der Waals surface area contributed by atoms with E-state index in [4.69, 9.17) is 4.42 Å². The lowest BCUT2D eigenvalue weighted by Gasteiger charge is -2.25. The van der Waals surface area contributed by atoms with Crippen LogP contribution in [0.15, 0.2) is 4.42 Å². The van der Waals surface area contributed by atoms with E-state index in [-0.39, 0.29) is 5.91 Å². The Morgan fingerprint density at radius 2 is 2.30 bits per heavy atom. The lowest BCUT2D eigenvalue weighted by molar-refractivity contribution is 0.0705. The first-order chi connectivity index (χ1) is 9.61. The molecule has 0 aliphatic carbocycles. The minimum Gasteiger partial charge on any atom is -0.436 e. The number of hydrogen-bond donors (Lipinski definition) is 1. The number of nitrogens with zero attached hydrogens (tertiary/aromatic N) is 2. The molecular formula is C15H25N3O2. The van der Waals surface area contributed by atoms with Gasteiger partial charge in [0.25, 0.3) is 5.91 Å². The fraction of sp³-hybridized carbons (Fsp3) is 0.733. The molecule has 20 heavy (non-hydrogen) atoms. The summed E-state index contributed by atoms with van der Waals surface area (Å²) < 4.78 is 5.48. The Labute approximate surface area is 120 Å². The zero-order valence-electron chi connectivity index (χ0n) is 12.7. The van der Waals surface area contributed by atoms with Crippen molar-refractivity contribution < 1.29 is 9.21 Å². The van der Waals surface area contributed by atoms with E-state index in [0.717, 1.165) is 38.9 Å². The van der Waals surface area contributed by atoms with E-state index >= 15 is 0 Å². The quantitative estimate of drug-likeness (QED) is 0.868. The molecule has 0 aromatic carbocycles. The van der Waals surface area contributed by atoms with E-state index in [9.17, 15) is 4.79 Å². The molecule has 112 valence electrons. The van der Waals surface area contributed by atoms with Gasteiger partial charge in [0.05, 0.1) is 5.69 Å². The molecule has 1 amide bonds. The second-order valence-corrected chi connectivity index (χ2v) is 5.55. The van der Waals surface area contributed by atoms with Crippen LogP contribution in [0.4, 0.5) is 0 Å². The van der Waals surface area contributed by atoms with Gasteiger partial charge < -0.3 is 14.6 Å². The highest BCUT2D eigenvalue weighted by atomic mass is 16.4. The SMILES string of the molecule is CCCCN(CC1CCCN1)C(=O)c1oc(C)nc1C. The smallest absolute Gasteiger partial charge is 0.291 e. The van der Waals surface area contributed by atoms with Crippen molar-refractivity contribution in [3.05, 3.63) is 17.3 Å². The van der Waals surface area contributed by atoms with Crippen molar-refractivity contribution in [1.82, 2.24) is 15.2 Å². The van der Waals surface area contributed by atoms with Crippen molar-refractivity contribution in [3.63, 3.8) is 0 Å². The number of hydrogen-bond acceptors (Lipinski definition) is 4. The average molecular weight is 279 g/mol. The fourth-order valence-electron chi connectivity index (χ4n) is 2.68. The van der Waals surface area contributed by atoms with Gasteiger partial charge in [-0.2, -0.15) is 0 Å². The molecule has 2 heterocycles. The van der Waals surface area contributed by atoms with Gasteiger partial charge in [-0.05, 0) is 32.7 Å². The first kappa shape index (κ1) is 15.0. The summed E-state index contributed by atoms with van der Waals surface area (Å²) in [6.45, 7) is 8.35. The summed E-state index contributed by atoms with van der Waals surface area (Å²) in [7, 11) is 0. The van der Waals surface area contributed by atoms with Crippen LogP contribution < -0.4 is 5.32 Å². The molecule has 1 atom stereocenters. The number of unbranched alkanes of at least 4 members (excludes halogenated alkanes) is 1. The summed E-state index contributed by atoms with van der Waals surface area (Å²) in [4.78, 5) is 18.7. The first-order valence-corrected chi connectivity index (χ1v) is 7.58. The summed E-state index contributed by atoms with van der Waals surface area (Å²) in [6.07, 6.45) is 4.44. The molecule has 1 aliphatic heterocycles. The highest BCUT2D eigenvalue weighted by Gasteiger charge is 2.25. The van der Waals surface area contributed by atoms with E-state index < -0.39 is 0 Å². The van der Waals surface area contributed by atoms with E-state index in [1.54, 1.807) is 6.92 Å². The van der Waals surface area contributed by atoms with Gasteiger partial charge in [0.15, 0.2) is 5.89 Å². The minimum absolute atomic E-state index is 0.0229. The van der Waals surface area contributed by atoms with Crippen molar-refractivity contribution >= 4 is 5.91 Å². The molecule has 0 radical (unpaired) electrons. The van der Waals surface area contributed by atoms with Crippen molar-refractivity contribution in [1.29, 1.82) is 0 Å². The second-order valence-electron chi connectivity index (χ2n) is 5.55. The number of carbonyl (C=O) groups is 1. The van der Waals surface area contributed by atoms with Gasteiger partial charge in [-0.25, -0.2) is 4.98 Å². The minimum atomic E-state index is -0.0229. The molecule has 1 aromatic heterocycles. The van der Waals surface area contributed by atoms with Crippen LogP contribution in [0.25, 0.3) is 0 Å². The summed E-state index contributed by atoms with van der Waals surface area (Å²) in [5.74, 6) is 0.933. The number of amides is 1. The van der Waals surface area contributed by atoms with Crippen LogP contribution >= 0.6 is 0 Å². The van der Waals surface area contributed by atoms with E-state index in [1.807, 2.05) is 11.8 Å². The van der Waals surface area contributed by atoms with Crippen LogP contribution in [0.5, 0.6) is 0 Å². The predicted molar refractivity (Wildman–Crippen MR) is 77.8 cm³/mol. The molecule has 1 aliphatic rings. The summed E-state index contributed by atoms with van der Waals surface area (Å²) in [6, 6.07) is 0.417. The summed E-state index contributed by atoms with van der Waals surface area (Å²) in [5.41, 5.74) is 0.688. The number of carbonyl (C=O) groups excluding carboxylic acids is 1. The number of nitrogens with one attached hydrogen (secondary N) is 1. The van der Waals surface area contributed by atoms with Crippen LogP contribution in [0.2, 0.25) is 0 Å². The Balaban J connectivity index is 2.07. The standard InChI is InChI=1S/C15H25N3O2/c1-4-5-9-18(10-13-7-6-8-16-13)15(19)14-11(2)17-12(3)20-14/h13,16H,4-10H2,1-3H3. The average Bonchev–Trinajstić information content (AvgIpc) is 3.03. The van der Waals surface area contributed by atoms with Gasteiger partial charge in [-0.1, -0.05) is 13.3 Å². The Hall–Kier alpha value is -1.36. The third-order valence-electron chi connectivity index (χ3n) is 3.77. The Kier molecular flexibility index (Phi) is 5.17. The fourth-order valence-corrected chi connectivity index (χ4v) is 2.68. The number of oxazole rings is 1. The van der Waals surface area contributed by atoms with Crippen molar-refractivity contribution in [2.75, 3.05) is 19.6 Å². The maximum Gasteiger partial charge on any atom is 0.291 e. The normalized spacial score (nSPS) is 18.4. The predicted octanol–water partition coefficient (Wildman–Crippen LogP) is 2.29. The molecule has 1 aromatic rings. The molecule has 1 unspecified atom stereocenters. The monoisotopic (exact) mass is 279 g/mol. The van der Waals surface area contributed by atoms with E-state index in [2.05, 4.69) is 17.2 Å². The topological polar surface area (TPSA) is 58.4 Å². The number of aromatic nitrogens is 1. The summed E-state index contributed by atoms with van der Waals surface area (Å²) in [5, 5.41) is 3.45. The zero-order valence-corrected chi connectivity index (χ0v) is 12.7. The van der Waals surface area contributed by atoms with E-state index in [0.29, 0.717) is 23.4 Å². The maximum atomic E-state index is 12.6. The third kappa shape index (κ3) is 3.60. The molecule has 0 bridgehead atoms. The molecule has 5 nitrogen and oxygen atoms in total. The molecule has 0 spiro atoms. The highest BCUT2D eigenvalue weighted by molar-refractivity contribution is 5.92. The van der Waals surface area contributed by atoms with Gasteiger partial charge >= 0.3 is 0 Å². The molecule has 0 saturated carbocycles. The van der Waals surface area contributed by atoms with Gasteiger partial charge in [0.2, 0.25) is 5.76 Å². The highest BCUT2D eigenvalue weighted by Crippen LogP contribution is 2.15. The number of rotatable bonds is 6. The molecule has 1 saturated heterocycles. The maximum absolute atomic E-state index is 12.6. The lowest BCUT2D eigenvalue weighted by atomic mass is 10.2. The molecule has 2 rings (SSSR count). The van der Waals surface area contributed by atoms with Crippen LogP contribution in [-0.4, -0.2) is 41.5 Å². The zero-order chi connectivity index (χ0) is 14.5. The van der Waals surface area contributed by atoms with Gasteiger partial charge in [0, 0.05) is 26.1 Å². The largest absolute Gasteiger partial charge is 0.436 e. The lowest BCUT2D eigenvalue weighted by Crippen LogP contribution is -2.41. The van der Waals surface area contributed by atoms with Crippen LogP contribution in [0.3, 0.4) is 0 Å². The molecule has 5 heteroatoms. The van der Waals surface area contributed by atoms with Gasteiger partial charge in [-0.3, -0.25) is 4.79 Å². The van der Waals surface area contributed by atoms with Crippen LogP contribution in [-0.2, 0) is 0 Å². The van der Waals surface area contributed by atoms with Crippen LogP contribution in [0, 0.1) is 13.8 Å². The number of aryl methyl sites for hydroxylation is 2. The third-order valence-corrected chi connectivity index (χ3v) is 3.77. The van der Waals surface area contributed by atoms with E-state index in [1.165, 1.54) is 6.42 Å². The van der Waals surface area contributed by atoms with Gasteiger partial charge in [0.1, 0.15) is 0 Å². The molecule has 1 N–H and O–H groups in total. The second kappa shape index (κ2) is 6.88. The van der Waals surface area contributed by atoms with Crippen LogP contribution in [0.1, 0.15) is 54.7 Å². The summed E-state index contributed by atoms with van der Waals surface area (Å²) >= 11 is 0. The van der Waals surface area contributed by atoms with Crippen molar-refractivity contribution in [2.24, 2.45) is 0 Å². The Morgan fingerprint density at radius 1 is 1.50 bits per heavy atom. The van der Waals surface area contributed by atoms with Gasteiger partial charge in [-0.15, -0.1) is 0 Å². The van der Waals surface area contributed by atoms with Crippen molar-refractivity contribution in [3.8, 4) is 0 Å². The Bertz CT molecular complexity index is 450.